The summed E-state index contributed by atoms with van der Waals surface area (Å²) in [4.78, 5) is 19.7. The molecule has 9 heteroatoms. The number of nitrogens with zero attached hydrogens (tertiary/aromatic N) is 3. The van der Waals surface area contributed by atoms with Gasteiger partial charge in [0.1, 0.15) is 5.60 Å². The van der Waals surface area contributed by atoms with Crippen molar-refractivity contribution in [3.05, 3.63) is 18.7 Å². The summed E-state index contributed by atoms with van der Waals surface area (Å²) in [6, 6.07) is 0. The molecule has 1 aromatic heterocycles. The van der Waals surface area contributed by atoms with Gasteiger partial charge in [0, 0.05) is 45.6 Å². The summed E-state index contributed by atoms with van der Waals surface area (Å²) in [6.07, 6.45) is 6.92. The van der Waals surface area contributed by atoms with Gasteiger partial charge in [-0.15, -0.1) is 24.0 Å². The van der Waals surface area contributed by atoms with Crippen LogP contribution in [0.3, 0.4) is 0 Å². The number of alkyl carbamates (subject to hydrolysis) is 1. The van der Waals surface area contributed by atoms with E-state index in [1.807, 2.05) is 37.9 Å². The molecule has 3 N–H and O–H groups in total. The average Bonchev–Trinajstić information content (AvgIpc) is 3.00. The zero-order chi connectivity index (χ0) is 17.8. The number of halogens is 1. The molecule has 0 saturated carbocycles. The molecule has 0 aliphatic rings. The monoisotopic (exact) mass is 466 g/mol. The van der Waals surface area contributed by atoms with Crippen LogP contribution in [-0.4, -0.2) is 53.9 Å². The molecule has 1 heterocycles. The van der Waals surface area contributed by atoms with Gasteiger partial charge in [-0.05, 0) is 33.6 Å². The van der Waals surface area contributed by atoms with E-state index in [9.17, 15) is 4.79 Å². The minimum atomic E-state index is -0.467. The predicted octanol–water partition coefficient (Wildman–Crippen LogP) is 1.97. The van der Waals surface area contributed by atoms with E-state index in [2.05, 4.69) is 25.9 Å². The molecule has 144 valence electrons. The lowest BCUT2D eigenvalue weighted by Gasteiger charge is -2.19. The van der Waals surface area contributed by atoms with Crippen LogP contribution in [0.25, 0.3) is 0 Å². The maximum Gasteiger partial charge on any atom is 0.407 e. The molecule has 0 atom stereocenters. The molecule has 0 unspecified atom stereocenters. The summed E-state index contributed by atoms with van der Waals surface area (Å²) < 4.78 is 7.21. The second-order valence-electron chi connectivity index (χ2n) is 6.36. The Hall–Kier alpha value is -1.52. The van der Waals surface area contributed by atoms with Crippen LogP contribution in [0.5, 0.6) is 0 Å². The fraction of sp³-hybridized carbons (Fsp3) is 0.688. The maximum absolute atomic E-state index is 11.5. The standard InChI is InChI=1S/C16H30N6O2.HI/c1-16(2,3)24-15(23)21-8-5-7-19-14(17-4)20-9-6-11-22-12-10-18-13-22;/h10,12-13H,5-9,11H2,1-4H3,(H,21,23)(H2,17,19,20);1H. The number of aliphatic imine (C=N–C) groups is 1. The van der Waals surface area contributed by atoms with Gasteiger partial charge in [0.2, 0.25) is 0 Å². The first-order valence-corrected chi connectivity index (χ1v) is 8.28. The first-order chi connectivity index (χ1) is 11.4. The minimum absolute atomic E-state index is 0. The normalized spacial score (nSPS) is 11.4. The van der Waals surface area contributed by atoms with Crippen molar-refractivity contribution in [1.82, 2.24) is 25.5 Å². The quantitative estimate of drug-likeness (QED) is 0.236. The molecule has 0 saturated heterocycles. The van der Waals surface area contributed by atoms with Crippen LogP contribution in [0.4, 0.5) is 4.79 Å². The summed E-state index contributed by atoms with van der Waals surface area (Å²) in [5, 5.41) is 9.20. The third-order valence-electron chi connectivity index (χ3n) is 2.98. The number of carbonyl (C=O) groups is 1. The van der Waals surface area contributed by atoms with Crippen LogP contribution in [-0.2, 0) is 11.3 Å². The van der Waals surface area contributed by atoms with Crippen molar-refractivity contribution in [2.45, 2.75) is 45.8 Å². The zero-order valence-corrected chi connectivity index (χ0v) is 17.9. The Morgan fingerprint density at radius 1 is 1.16 bits per heavy atom. The second kappa shape index (κ2) is 12.8. The third-order valence-corrected chi connectivity index (χ3v) is 2.98. The van der Waals surface area contributed by atoms with Crippen LogP contribution in [0.1, 0.15) is 33.6 Å². The van der Waals surface area contributed by atoms with Crippen molar-refractivity contribution in [3.63, 3.8) is 0 Å². The van der Waals surface area contributed by atoms with Gasteiger partial charge in [-0.2, -0.15) is 0 Å². The molecular weight excluding hydrogens is 435 g/mol. The van der Waals surface area contributed by atoms with Gasteiger partial charge in [0.05, 0.1) is 6.33 Å². The highest BCUT2D eigenvalue weighted by Gasteiger charge is 2.15. The number of rotatable bonds is 8. The van der Waals surface area contributed by atoms with Gasteiger partial charge in [0.25, 0.3) is 0 Å². The summed E-state index contributed by atoms with van der Waals surface area (Å²) >= 11 is 0. The zero-order valence-electron chi connectivity index (χ0n) is 15.5. The Balaban J connectivity index is 0.00000576. The van der Waals surface area contributed by atoms with Gasteiger partial charge in [-0.1, -0.05) is 0 Å². The Morgan fingerprint density at radius 3 is 2.36 bits per heavy atom. The third kappa shape index (κ3) is 12.5. The summed E-state index contributed by atoms with van der Waals surface area (Å²) in [6.45, 7) is 8.55. The van der Waals surface area contributed by atoms with Crippen LogP contribution in [0.2, 0.25) is 0 Å². The average molecular weight is 466 g/mol. The maximum atomic E-state index is 11.5. The first kappa shape index (κ1) is 23.5. The molecular formula is C16H31IN6O2. The lowest BCUT2D eigenvalue weighted by molar-refractivity contribution is 0.0527. The summed E-state index contributed by atoms with van der Waals surface area (Å²) in [5.74, 6) is 0.762. The number of nitrogens with one attached hydrogen (secondary N) is 3. The van der Waals surface area contributed by atoms with E-state index < -0.39 is 5.60 Å². The Morgan fingerprint density at radius 2 is 1.80 bits per heavy atom. The lowest BCUT2D eigenvalue weighted by atomic mass is 10.2. The number of aryl methyl sites for hydroxylation is 1. The number of aromatic nitrogens is 2. The molecule has 0 aliphatic carbocycles. The first-order valence-electron chi connectivity index (χ1n) is 8.28. The van der Waals surface area contributed by atoms with E-state index in [1.165, 1.54) is 0 Å². The van der Waals surface area contributed by atoms with Crippen LogP contribution >= 0.6 is 24.0 Å². The number of amides is 1. The van der Waals surface area contributed by atoms with Crippen molar-refractivity contribution < 1.29 is 9.53 Å². The molecule has 0 spiro atoms. The van der Waals surface area contributed by atoms with Crippen LogP contribution < -0.4 is 16.0 Å². The van der Waals surface area contributed by atoms with Gasteiger partial charge in [0.15, 0.2) is 5.96 Å². The van der Waals surface area contributed by atoms with Crippen LogP contribution in [0, 0.1) is 0 Å². The number of imidazole rings is 1. The van der Waals surface area contributed by atoms with E-state index in [4.69, 9.17) is 4.74 Å². The largest absolute Gasteiger partial charge is 0.444 e. The minimum Gasteiger partial charge on any atom is -0.444 e. The molecule has 8 nitrogen and oxygen atoms in total. The van der Waals surface area contributed by atoms with Gasteiger partial charge < -0.3 is 25.3 Å². The smallest absolute Gasteiger partial charge is 0.407 e. The van der Waals surface area contributed by atoms with Gasteiger partial charge in [-0.3, -0.25) is 4.99 Å². The molecule has 0 fully saturated rings. The van der Waals surface area contributed by atoms with E-state index >= 15 is 0 Å². The number of carbonyl (C=O) groups excluding carboxylic acids is 1. The van der Waals surface area contributed by atoms with Gasteiger partial charge >= 0.3 is 6.09 Å². The lowest BCUT2D eigenvalue weighted by Crippen LogP contribution is -2.39. The van der Waals surface area contributed by atoms with Crippen molar-refractivity contribution in [2.24, 2.45) is 4.99 Å². The molecule has 0 bridgehead atoms. The number of hydrogen-bond donors (Lipinski definition) is 3. The number of ether oxygens (including phenoxy) is 1. The van der Waals surface area contributed by atoms with E-state index in [0.29, 0.717) is 6.54 Å². The molecule has 0 aromatic carbocycles. The Kier molecular flexibility index (Phi) is 12.0. The van der Waals surface area contributed by atoms with Gasteiger partial charge in [-0.25, -0.2) is 9.78 Å². The molecule has 1 rings (SSSR count). The van der Waals surface area contributed by atoms with Crippen molar-refractivity contribution in [2.75, 3.05) is 26.7 Å². The van der Waals surface area contributed by atoms with Crippen molar-refractivity contribution >= 4 is 36.0 Å². The van der Waals surface area contributed by atoms with Crippen molar-refractivity contribution in [3.8, 4) is 0 Å². The molecule has 1 aromatic rings. The fourth-order valence-corrected chi connectivity index (χ4v) is 1.91. The Labute approximate surface area is 167 Å². The predicted molar refractivity (Wildman–Crippen MR) is 110 cm³/mol. The Bertz CT molecular complexity index is 499. The summed E-state index contributed by atoms with van der Waals surface area (Å²) in [5.41, 5.74) is -0.467. The number of hydrogen-bond acceptors (Lipinski definition) is 4. The topological polar surface area (TPSA) is 92.6 Å². The van der Waals surface area contributed by atoms with E-state index in [1.54, 1.807) is 13.2 Å². The SMILES string of the molecule is CN=C(NCCCNC(=O)OC(C)(C)C)NCCCn1ccnc1.I. The highest BCUT2D eigenvalue weighted by Crippen LogP contribution is 2.06. The van der Waals surface area contributed by atoms with Crippen molar-refractivity contribution in [1.29, 1.82) is 0 Å². The highest BCUT2D eigenvalue weighted by atomic mass is 127. The molecule has 25 heavy (non-hydrogen) atoms. The number of guanidine groups is 1. The van der Waals surface area contributed by atoms with E-state index in [-0.39, 0.29) is 30.1 Å². The molecule has 1 amide bonds. The molecule has 0 radical (unpaired) electrons. The second-order valence-corrected chi connectivity index (χ2v) is 6.36. The summed E-state index contributed by atoms with van der Waals surface area (Å²) in [7, 11) is 1.74. The highest BCUT2D eigenvalue weighted by molar-refractivity contribution is 14.0. The fourth-order valence-electron chi connectivity index (χ4n) is 1.91. The molecule has 0 aliphatic heterocycles. The van der Waals surface area contributed by atoms with E-state index in [0.717, 1.165) is 38.4 Å². The van der Waals surface area contributed by atoms with Crippen LogP contribution in [0.15, 0.2) is 23.7 Å².